The fourth-order valence-corrected chi connectivity index (χ4v) is 2.18. The number of hydrogen-bond acceptors (Lipinski definition) is 5. The van der Waals surface area contributed by atoms with Crippen molar-refractivity contribution in [2.24, 2.45) is 0 Å². The van der Waals surface area contributed by atoms with E-state index < -0.39 is 25.6 Å². The molecule has 0 aromatic carbocycles. The van der Waals surface area contributed by atoms with Gasteiger partial charge in [-0.3, -0.25) is 14.2 Å². The van der Waals surface area contributed by atoms with E-state index in [0.29, 0.717) is 0 Å². The van der Waals surface area contributed by atoms with Crippen LogP contribution in [0.15, 0.2) is 0 Å². The molecule has 0 radical (unpaired) electrons. The van der Waals surface area contributed by atoms with Crippen molar-refractivity contribution in [3.05, 3.63) is 0 Å². The Balaban J connectivity index is 2.57. The Hall–Kier alpha value is -0.670. The molecule has 5 nitrogen and oxygen atoms in total. The minimum Gasteiger partial charge on any atom is -0.392 e. The van der Waals surface area contributed by atoms with Gasteiger partial charge in [0.25, 0.3) is 0 Å². The standard InChI is InChI=1S/C7H11O5P/c1-4(2)12-13(10)5-3-6(8)11-7(5)9/h4-5,13H,3H2,1-2H3. The predicted molar refractivity (Wildman–Crippen MR) is 44.7 cm³/mol. The number of cyclic esters (lactones) is 2. The van der Waals surface area contributed by atoms with E-state index in [2.05, 4.69) is 4.74 Å². The number of ether oxygens (including phenoxy) is 1. The summed E-state index contributed by atoms with van der Waals surface area (Å²) in [4.78, 5) is 21.5. The van der Waals surface area contributed by atoms with Crippen LogP contribution in [0.1, 0.15) is 20.3 Å². The van der Waals surface area contributed by atoms with E-state index >= 15 is 0 Å². The summed E-state index contributed by atoms with van der Waals surface area (Å²) in [6.07, 6.45) is -0.335. The van der Waals surface area contributed by atoms with E-state index in [1.807, 2.05) is 0 Å². The molecule has 0 saturated carbocycles. The lowest BCUT2D eigenvalue weighted by atomic mass is 10.4. The molecular formula is C7H11O5P. The van der Waals surface area contributed by atoms with Gasteiger partial charge in [-0.2, -0.15) is 0 Å². The highest BCUT2D eigenvalue weighted by Gasteiger charge is 2.38. The van der Waals surface area contributed by atoms with Crippen LogP contribution >= 0.6 is 8.03 Å². The molecule has 0 N–H and O–H groups in total. The first-order valence-electron chi connectivity index (χ1n) is 3.95. The molecule has 1 aliphatic rings. The van der Waals surface area contributed by atoms with Gasteiger partial charge in [0.05, 0.1) is 12.5 Å². The zero-order chi connectivity index (χ0) is 10.0. The first kappa shape index (κ1) is 10.4. The molecule has 74 valence electrons. The third-order valence-corrected chi connectivity index (χ3v) is 3.22. The second-order valence-electron chi connectivity index (χ2n) is 3.04. The minimum atomic E-state index is -2.49. The smallest absolute Gasteiger partial charge is 0.326 e. The number of rotatable bonds is 3. The summed E-state index contributed by atoms with van der Waals surface area (Å²) in [7, 11) is -2.49. The average molecular weight is 206 g/mol. The van der Waals surface area contributed by atoms with Gasteiger partial charge < -0.3 is 9.26 Å². The Labute approximate surface area is 76.3 Å². The van der Waals surface area contributed by atoms with Crippen LogP contribution in [0.25, 0.3) is 0 Å². The average Bonchev–Trinajstić information content (AvgIpc) is 2.28. The predicted octanol–water partition coefficient (Wildman–Crippen LogP) is 0.728. The van der Waals surface area contributed by atoms with E-state index in [1.165, 1.54) is 0 Å². The molecule has 13 heavy (non-hydrogen) atoms. The number of carbonyl (C=O) groups excluding carboxylic acids is 2. The van der Waals surface area contributed by atoms with Crippen molar-refractivity contribution < 1.29 is 23.4 Å². The van der Waals surface area contributed by atoms with Crippen molar-refractivity contribution >= 4 is 20.0 Å². The molecule has 1 heterocycles. The molecule has 1 aliphatic heterocycles. The molecule has 1 saturated heterocycles. The maximum atomic E-state index is 11.3. The van der Waals surface area contributed by atoms with Crippen LogP contribution in [0.2, 0.25) is 0 Å². The third-order valence-electron chi connectivity index (χ3n) is 1.51. The van der Waals surface area contributed by atoms with Gasteiger partial charge in [-0.1, -0.05) is 0 Å². The van der Waals surface area contributed by atoms with Gasteiger partial charge >= 0.3 is 11.9 Å². The van der Waals surface area contributed by atoms with Crippen molar-refractivity contribution in [1.29, 1.82) is 0 Å². The molecule has 1 fully saturated rings. The fraction of sp³-hybridized carbons (Fsp3) is 0.714. The molecular weight excluding hydrogens is 195 g/mol. The maximum Gasteiger partial charge on any atom is 0.326 e. The largest absolute Gasteiger partial charge is 0.392 e. The van der Waals surface area contributed by atoms with E-state index in [9.17, 15) is 14.2 Å². The first-order valence-corrected chi connectivity index (χ1v) is 5.35. The minimum absolute atomic E-state index is 0.122. The molecule has 0 aromatic rings. The lowest BCUT2D eigenvalue weighted by Crippen LogP contribution is -2.12. The van der Waals surface area contributed by atoms with Crippen LogP contribution in [0, 0.1) is 0 Å². The Morgan fingerprint density at radius 1 is 1.54 bits per heavy atom. The number of carbonyl (C=O) groups is 2. The van der Waals surface area contributed by atoms with Crippen LogP contribution in [-0.4, -0.2) is 23.7 Å². The highest BCUT2D eigenvalue weighted by atomic mass is 31.1. The van der Waals surface area contributed by atoms with E-state index in [-0.39, 0.29) is 12.5 Å². The molecule has 1 rings (SSSR count). The third kappa shape index (κ3) is 2.64. The highest BCUT2D eigenvalue weighted by Crippen LogP contribution is 2.37. The lowest BCUT2D eigenvalue weighted by molar-refractivity contribution is -0.151. The van der Waals surface area contributed by atoms with Crippen molar-refractivity contribution in [2.45, 2.75) is 32.0 Å². The quantitative estimate of drug-likeness (QED) is 0.386. The summed E-state index contributed by atoms with van der Waals surface area (Å²) in [5.74, 6) is -1.35. The summed E-state index contributed by atoms with van der Waals surface area (Å²) in [6.45, 7) is 3.43. The highest BCUT2D eigenvalue weighted by molar-refractivity contribution is 7.41. The van der Waals surface area contributed by atoms with Gasteiger partial charge in [-0.05, 0) is 13.8 Å². The zero-order valence-corrected chi connectivity index (χ0v) is 8.40. The zero-order valence-electron chi connectivity index (χ0n) is 7.40. The van der Waals surface area contributed by atoms with Gasteiger partial charge in [-0.25, -0.2) is 0 Å². The topological polar surface area (TPSA) is 69.7 Å². The Morgan fingerprint density at radius 3 is 2.54 bits per heavy atom. The lowest BCUT2D eigenvalue weighted by Gasteiger charge is -2.08. The second-order valence-corrected chi connectivity index (χ2v) is 4.61. The molecule has 0 aliphatic carbocycles. The van der Waals surface area contributed by atoms with Gasteiger partial charge in [0.2, 0.25) is 8.03 Å². The molecule has 0 spiro atoms. The van der Waals surface area contributed by atoms with Crippen LogP contribution in [0.5, 0.6) is 0 Å². The molecule has 0 aromatic heterocycles. The molecule has 0 bridgehead atoms. The first-order chi connectivity index (χ1) is 6.00. The SMILES string of the molecule is CC(C)O[PH](=O)C1CC(=O)OC1=O. The van der Waals surface area contributed by atoms with Crippen molar-refractivity contribution in [2.75, 3.05) is 0 Å². The van der Waals surface area contributed by atoms with Crippen molar-refractivity contribution in [3.8, 4) is 0 Å². The monoisotopic (exact) mass is 206 g/mol. The summed E-state index contributed by atoms with van der Waals surface area (Å²) >= 11 is 0. The van der Waals surface area contributed by atoms with Crippen LogP contribution in [0.4, 0.5) is 0 Å². The number of hydrogen-bond donors (Lipinski definition) is 0. The summed E-state index contributed by atoms with van der Waals surface area (Å²) < 4.78 is 20.5. The molecule has 2 unspecified atom stereocenters. The van der Waals surface area contributed by atoms with Crippen molar-refractivity contribution in [1.82, 2.24) is 0 Å². The molecule has 6 heteroatoms. The van der Waals surface area contributed by atoms with Crippen LogP contribution in [-0.2, 0) is 23.4 Å². The molecule has 0 amide bonds. The maximum absolute atomic E-state index is 11.3. The summed E-state index contributed by atoms with van der Waals surface area (Å²) in [5, 5.41) is 0. The normalized spacial score (nSPS) is 25.0. The van der Waals surface area contributed by atoms with Crippen LogP contribution in [0.3, 0.4) is 0 Å². The Morgan fingerprint density at radius 2 is 2.15 bits per heavy atom. The number of esters is 2. The summed E-state index contributed by atoms with van der Waals surface area (Å²) in [6, 6.07) is 0. The second kappa shape index (κ2) is 4.03. The molecule has 2 atom stereocenters. The van der Waals surface area contributed by atoms with E-state index in [4.69, 9.17) is 4.52 Å². The fourth-order valence-electron chi connectivity index (χ4n) is 0.969. The Kier molecular flexibility index (Phi) is 3.22. The Bertz CT molecular complexity index is 260. The van der Waals surface area contributed by atoms with Gasteiger partial charge in [0.15, 0.2) is 0 Å². The van der Waals surface area contributed by atoms with Gasteiger partial charge in [-0.15, -0.1) is 0 Å². The van der Waals surface area contributed by atoms with Crippen LogP contribution < -0.4 is 0 Å². The van der Waals surface area contributed by atoms with E-state index in [0.717, 1.165) is 0 Å². The van der Waals surface area contributed by atoms with E-state index in [1.54, 1.807) is 13.8 Å². The van der Waals surface area contributed by atoms with Gasteiger partial charge in [0.1, 0.15) is 5.66 Å². The summed E-state index contributed by atoms with van der Waals surface area (Å²) in [5.41, 5.74) is -0.875. The van der Waals surface area contributed by atoms with Gasteiger partial charge in [0, 0.05) is 0 Å². The van der Waals surface area contributed by atoms with Crippen molar-refractivity contribution in [3.63, 3.8) is 0 Å².